The summed E-state index contributed by atoms with van der Waals surface area (Å²) in [5.41, 5.74) is 1.89. The van der Waals surface area contributed by atoms with Crippen LogP contribution in [0, 0.1) is 18.3 Å². The van der Waals surface area contributed by atoms with Crippen molar-refractivity contribution >= 4 is 27.5 Å². The van der Waals surface area contributed by atoms with Crippen LogP contribution in [-0.2, 0) is 0 Å². The monoisotopic (exact) mass is 304 g/mol. The van der Waals surface area contributed by atoms with E-state index in [2.05, 4.69) is 21.2 Å². The Hall–Kier alpha value is -2.06. The second kappa shape index (κ2) is 5.07. The maximum absolute atomic E-state index is 11.9. The molecular weight excluding hydrogens is 296 g/mol. The molecule has 2 aromatic rings. The van der Waals surface area contributed by atoms with Crippen molar-refractivity contribution in [3.8, 4) is 6.07 Å². The van der Waals surface area contributed by atoms with Gasteiger partial charge in [0.1, 0.15) is 0 Å². The highest BCUT2D eigenvalue weighted by Gasteiger charge is 2.14. The van der Waals surface area contributed by atoms with Gasteiger partial charge >= 0.3 is 0 Å². The Morgan fingerprint density at radius 3 is 2.78 bits per heavy atom. The van der Waals surface area contributed by atoms with E-state index in [1.54, 1.807) is 31.2 Å². The fraction of sp³-hybridized carbons (Fsp3) is 0.0769. The molecule has 5 heteroatoms. The van der Waals surface area contributed by atoms with Gasteiger partial charge in [-0.05, 0) is 47.1 Å². The van der Waals surface area contributed by atoms with E-state index in [-0.39, 0.29) is 11.7 Å². The number of carbonyl (C=O) groups is 1. The molecule has 0 bridgehead atoms. The molecule has 1 aromatic carbocycles. The average Bonchev–Trinajstić information content (AvgIpc) is 2.78. The van der Waals surface area contributed by atoms with Crippen molar-refractivity contribution in [1.82, 2.24) is 0 Å². The zero-order chi connectivity index (χ0) is 13.1. The Balaban J connectivity index is 2.23. The third-order valence-corrected chi connectivity index (χ3v) is 3.07. The van der Waals surface area contributed by atoms with E-state index < -0.39 is 0 Å². The number of amides is 1. The Morgan fingerprint density at radius 2 is 2.22 bits per heavy atom. The number of nitrogens with one attached hydrogen (secondary N) is 1. The molecule has 2 rings (SSSR count). The topological polar surface area (TPSA) is 66.0 Å². The van der Waals surface area contributed by atoms with Crippen molar-refractivity contribution in [3.05, 3.63) is 51.9 Å². The number of carbonyl (C=O) groups excluding carboxylic acids is 1. The Bertz CT molecular complexity index is 641. The molecule has 0 atom stereocenters. The first-order valence-corrected chi connectivity index (χ1v) is 5.96. The summed E-state index contributed by atoms with van der Waals surface area (Å²) in [6.07, 6.45) is 1.47. The third kappa shape index (κ3) is 2.44. The molecule has 0 aliphatic rings. The molecule has 1 N–H and O–H groups in total. The second-order valence-corrected chi connectivity index (χ2v) is 4.55. The first-order valence-electron chi connectivity index (χ1n) is 5.17. The number of halogens is 1. The van der Waals surface area contributed by atoms with Crippen molar-refractivity contribution < 1.29 is 9.21 Å². The lowest BCUT2D eigenvalue weighted by Crippen LogP contribution is -2.12. The van der Waals surface area contributed by atoms with Crippen LogP contribution in [0.4, 0.5) is 5.69 Å². The minimum Gasteiger partial charge on any atom is -0.459 e. The molecule has 1 amide bonds. The van der Waals surface area contributed by atoms with Crippen molar-refractivity contribution in [1.29, 1.82) is 5.26 Å². The maximum Gasteiger partial charge on any atom is 0.291 e. The quantitative estimate of drug-likeness (QED) is 0.923. The number of rotatable bonds is 2. The number of benzene rings is 1. The van der Waals surface area contributed by atoms with Crippen molar-refractivity contribution in [2.24, 2.45) is 0 Å². The van der Waals surface area contributed by atoms with Crippen LogP contribution in [0.25, 0.3) is 0 Å². The molecule has 0 radical (unpaired) electrons. The van der Waals surface area contributed by atoms with Crippen LogP contribution in [0.5, 0.6) is 0 Å². The molecule has 0 aliphatic heterocycles. The van der Waals surface area contributed by atoms with E-state index in [0.717, 1.165) is 5.56 Å². The lowest BCUT2D eigenvalue weighted by Gasteiger charge is -2.06. The lowest BCUT2D eigenvalue weighted by molar-refractivity contribution is 0.0996. The predicted molar refractivity (Wildman–Crippen MR) is 70.3 cm³/mol. The molecule has 0 spiro atoms. The summed E-state index contributed by atoms with van der Waals surface area (Å²) in [6, 6.07) is 8.69. The lowest BCUT2D eigenvalue weighted by atomic mass is 10.2. The van der Waals surface area contributed by atoms with Gasteiger partial charge in [-0.15, -0.1) is 0 Å². The molecular formula is C13H9BrN2O2. The molecule has 0 unspecified atom stereocenters. The maximum atomic E-state index is 11.9. The Kier molecular flexibility index (Phi) is 3.49. The zero-order valence-electron chi connectivity index (χ0n) is 9.53. The largest absolute Gasteiger partial charge is 0.459 e. The first-order chi connectivity index (χ1) is 8.61. The van der Waals surface area contributed by atoms with Crippen LogP contribution in [0.1, 0.15) is 21.7 Å². The predicted octanol–water partition coefficient (Wildman–Crippen LogP) is 3.47. The second-order valence-electron chi connectivity index (χ2n) is 3.69. The van der Waals surface area contributed by atoms with Crippen LogP contribution < -0.4 is 5.32 Å². The highest BCUT2D eigenvalue weighted by Crippen LogP contribution is 2.24. The summed E-state index contributed by atoms with van der Waals surface area (Å²) in [7, 11) is 0. The van der Waals surface area contributed by atoms with Crippen molar-refractivity contribution in [3.63, 3.8) is 0 Å². The van der Waals surface area contributed by atoms with Gasteiger partial charge in [-0.2, -0.15) is 5.26 Å². The van der Waals surface area contributed by atoms with Gasteiger partial charge < -0.3 is 9.73 Å². The van der Waals surface area contributed by atoms with E-state index in [1.165, 1.54) is 6.26 Å². The normalized spacial score (nSPS) is 9.83. The van der Waals surface area contributed by atoms with Crippen molar-refractivity contribution in [2.45, 2.75) is 6.92 Å². The molecule has 1 heterocycles. The van der Waals surface area contributed by atoms with Gasteiger partial charge in [-0.1, -0.05) is 0 Å². The van der Waals surface area contributed by atoms with Crippen molar-refractivity contribution in [2.75, 3.05) is 5.32 Å². The van der Waals surface area contributed by atoms with Crippen LogP contribution in [-0.4, -0.2) is 5.91 Å². The van der Waals surface area contributed by atoms with Crippen LogP contribution >= 0.6 is 15.9 Å². The summed E-state index contributed by atoms with van der Waals surface area (Å²) in [4.78, 5) is 11.9. The van der Waals surface area contributed by atoms with Crippen LogP contribution in [0.2, 0.25) is 0 Å². The summed E-state index contributed by atoms with van der Waals surface area (Å²) in [6.45, 7) is 1.80. The first kappa shape index (κ1) is 12.4. The number of hydrogen-bond acceptors (Lipinski definition) is 3. The molecule has 90 valence electrons. The summed E-state index contributed by atoms with van der Waals surface area (Å²) in [5.74, 6) is -0.0332. The number of aryl methyl sites for hydroxylation is 1. The fourth-order valence-corrected chi connectivity index (χ4v) is 1.95. The van der Waals surface area contributed by atoms with E-state index >= 15 is 0 Å². The van der Waals surface area contributed by atoms with Crippen LogP contribution in [0.3, 0.4) is 0 Å². The van der Waals surface area contributed by atoms with Crippen LogP contribution in [0.15, 0.2) is 39.4 Å². The molecule has 1 aromatic heterocycles. The Labute approximate surface area is 112 Å². The number of nitriles is 1. The summed E-state index contributed by atoms with van der Waals surface area (Å²) < 4.78 is 5.76. The highest BCUT2D eigenvalue weighted by molar-refractivity contribution is 9.10. The summed E-state index contributed by atoms with van der Waals surface area (Å²) in [5, 5.41) is 11.5. The number of nitrogens with zero attached hydrogens (tertiary/aromatic N) is 1. The van der Waals surface area contributed by atoms with Gasteiger partial charge in [-0.25, -0.2) is 0 Å². The fourth-order valence-electron chi connectivity index (χ4n) is 1.47. The summed E-state index contributed by atoms with van der Waals surface area (Å²) >= 11 is 3.30. The van der Waals surface area contributed by atoms with Gasteiger partial charge in [-0.3, -0.25) is 4.79 Å². The Morgan fingerprint density at radius 1 is 1.44 bits per heavy atom. The van der Waals surface area contributed by atoms with E-state index in [1.807, 2.05) is 6.07 Å². The molecule has 0 aliphatic carbocycles. The van der Waals surface area contributed by atoms with Gasteiger partial charge in [0.25, 0.3) is 5.91 Å². The number of furan rings is 1. The standard InChI is InChI=1S/C13H9BrN2O2/c1-8-4-5-18-12(8)13(17)16-11-3-2-9(7-15)6-10(11)14/h2-6H,1H3,(H,16,17). The van der Waals surface area contributed by atoms with E-state index in [0.29, 0.717) is 15.7 Å². The van der Waals surface area contributed by atoms with Gasteiger partial charge in [0, 0.05) is 10.0 Å². The molecule has 0 saturated carbocycles. The van der Waals surface area contributed by atoms with Gasteiger partial charge in [0.2, 0.25) is 0 Å². The number of hydrogen-bond donors (Lipinski definition) is 1. The smallest absolute Gasteiger partial charge is 0.291 e. The zero-order valence-corrected chi connectivity index (χ0v) is 11.1. The van der Waals surface area contributed by atoms with E-state index in [9.17, 15) is 4.79 Å². The molecule has 0 fully saturated rings. The van der Waals surface area contributed by atoms with Gasteiger partial charge in [0.15, 0.2) is 5.76 Å². The van der Waals surface area contributed by atoms with E-state index in [4.69, 9.17) is 9.68 Å². The number of anilines is 1. The minimum atomic E-state index is -0.317. The SMILES string of the molecule is Cc1ccoc1C(=O)Nc1ccc(C#N)cc1Br. The van der Waals surface area contributed by atoms with Gasteiger partial charge in [0.05, 0.1) is 23.6 Å². The molecule has 18 heavy (non-hydrogen) atoms. The average molecular weight is 305 g/mol. The molecule has 0 saturated heterocycles. The highest BCUT2D eigenvalue weighted by atomic mass is 79.9. The third-order valence-electron chi connectivity index (χ3n) is 2.41. The molecule has 4 nitrogen and oxygen atoms in total. The minimum absolute atomic E-state index is 0.284.